The van der Waals surface area contributed by atoms with E-state index in [2.05, 4.69) is 6.92 Å². The summed E-state index contributed by atoms with van der Waals surface area (Å²) in [6.07, 6.45) is 1.21. The largest absolute Gasteiger partial charge is 0.349 e. The molecule has 3 nitrogen and oxygen atoms in total. The van der Waals surface area contributed by atoms with Crippen LogP contribution in [0.5, 0.6) is 0 Å². The Balaban J connectivity index is 3.97. The van der Waals surface area contributed by atoms with E-state index in [1.165, 1.54) is 14.2 Å². The van der Waals surface area contributed by atoms with Crippen molar-refractivity contribution < 1.29 is 14.3 Å². The Hall–Kier alpha value is -0.410. The van der Waals surface area contributed by atoms with Crippen molar-refractivity contribution in [3.05, 3.63) is 0 Å². The van der Waals surface area contributed by atoms with Gasteiger partial charge in [-0.15, -0.1) is 0 Å². The van der Waals surface area contributed by atoms with Crippen LogP contribution in [0.3, 0.4) is 0 Å². The maximum atomic E-state index is 11.4. The van der Waals surface area contributed by atoms with E-state index in [0.29, 0.717) is 0 Å². The number of methoxy groups -OCH3 is 2. The van der Waals surface area contributed by atoms with E-state index in [1.807, 2.05) is 6.92 Å². The quantitative estimate of drug-likeness (QED) is 0.574. The molecule has 0 aliphatic heterocycles. The van der Waals surface area contributed by atoms with Gasteiger partial charge in [0.05, 0.1) is 0 Å². The number of Topliss-reactive ketones (excluding diaryl/α,β-unsaturated/α-hetero) is 1. The monoisotopic (exact) mass is 174 g/mol. The van der Waals surface area contributed by atoms with Crippen molar-refractivity contribution in [2.75, 3.05) is 14.2 Å². The Morgan fingerprint density at radius 1 is 1.33 bits per heavy atom. The Morgan fingerprint density at radius 2 is 1.83 bits per heavy atom. The summed E-state index contributed by atoms with van der Waals surface area (Å²) in [5, 5.41) is 0. The molecule has 0 spiro atoms. The number of ketones is 1. The molecular weight excluding hydrogens is 156 g/mol. The zero-order valence-corrected chi connectivity index (χ0v) is 8.29. The number of carbonyl (C=O) groups is 1. The number of hydrogen-bond acceptors (Lipinski definition) is 3. The summed E-state index contributed by atoms with van der Waals surface area (Å²) in [6, 6.07) is 0. The number of ether oxygens (including phenoxy) is 2. The minimum atomic E-state index is -0.688. The minimum absolute atomic E-state index is 0.0277. The second-order valence-electron chi connectivity index (χ2n) is 2.90. The molecule has 0 aliphatic carbocycles. The zero-order chi connectivity index (χ0) is 9.56. The van der Waals surface area contributed by atoms with Crippen LogP contribution in [0.25, 0.3) is 0 Å². The fraction of sp³-hybridized carbons (Fsp3) is 0.889. The van der Waals surface area contributed by atoms with Crippen LogP contribution in [-0.4, -0.2) is 26.3 Å². The van der Waals surface area contributed by atoms with Gasteiger partial charge in [-0.1, -0.05) is 20.3 Å². The van der Waals surface area contributed by atoms with Gasteiger partial charge in [0.25, 0.3) is 0 Å². The minimum Gasteiger partial charge on any atom is -0.349 e. The average Bonchev–Trinajstić information content (AvgIpc) is 2.07. The van der Waals surface area contributed by atoms with Crippen LogP contribution >= 0.6 is 0 Å². The fourth-order valence-corrected chi connectivity index (χ4v) is 1.14. The van der Waals surface area contributed by atoms with Crippen LogP contribution in [-0.2, 0) is 14.3 Å². The van der Waals surface area contributed by atoms with Crippen LogP contribution < -0.4 is 0 Å². The second-order valence-corrected chi connectivity index (χ2v) is 2.90. The molecule has 0 amide bonds. The van der Waals surface area contributed by atoms with E-state index in [9.17, 15) is 4.79 Å². The van der Waals surface area contributed by atoms with E-state index in [0.717, 1.165) is 12.8 Å². The molecule has 0 N–H and O–H groups in total. The molecule has 0 aliphatic rings. The summed E-state index contributed by atoms with van der Waals surface area (Å²) in [5.74, 6) is 0.0572. The Kier molecular flexibility index (Phi) is 5.93. The first-order chi connectivity index (χ1) is 5.67. The van der Waals surface area contributed by atoms with Crippen LogP contribution in [0.15, 0.2) is 0 Å². The van der Waals surface area contributed by atoms with E-state index >= 15 is 0 Å². The van der Waals surface area contributed by atoms with Gasteiger partial charge in [-0.05, 0) is 6.42 Å². The first kappa shape index (κ1) is 11.6. The molecule has 0 rings (SSSR count). The predicted molar refractivity (Wildman–Crippen MR) is 46.9 cm³/mol. The van der Waals surface area contributed by atoms with Crippen molar-refractivity contribution in [2.24, 2.45) is 5.92 Å². The Bertz CT molecular complexity index is 130. The van der Waals surface area contributed by atoms with Gasteiger partial charge in [-0.3, -0.25) is 4.79 Å². The van der Waals surface area contributed by atoms with Crippen molar-refractivity contribution in [2.45, 2.75) is 33.0 Å². The Morgan fingerprint density at radius 3 is 2.17 bits per heavy atom. The molecule has 0 saturated heterocycles. The Labute approximate surface area is 74.0 Å². The van der Waals surface area contributed by atoms with E-state index in [4.69, 9.17) is 9.47 Å². The molecular formula is C9H18O3. The fourth-order valence-electron chi connectivity index (χ4n) is 1.14. The summed E-state index contributed by atoms with van der Waals surface area (Å²) < 4.78 is 9.71. The van der Waals surface area contributed by atoms with Crippen molar-refractivity contribution in [3.8, 4) is 0 Å². The van der Waals surface area contributed by atoms with Crippen LogP contribution in [0.2, 0.25) is 0 Å². The van der Waals surface area contributed by atoms with Crippen molar-refractivity contribution in [1.82, 2.24) is 0 Å². The maximum Gasteiger partial charge on any atom is 0.217 e. The van der Waals surface area contributed by atoms with Gasteiger partial charge in [-0.25, -0.2) is 0 Å². The summed E-state index contributed by atoms with van der Waals surface area (Å²) in [4.78, 5) is 11.4. The van der Waals surface area contributed by atoms with E-state index in [-0.39, 0.29) is 11.7 Å². The molecule has 0 heterocycles. The lowest BCUT2D eigenvalue weighted by Gasteiger charge is -2.16. The number of hydrogen-bond donors (Lipinski definition) is 0. The van der Waals surface area contributed by atoms with Gasteiger partial charge in [0.1, 0.15) is 0 Å². The van der Waals surface area contributed by atoms with Gasteiger partial charge >= 0.3 is 0 Å². The van der Waals surface area contributed by atoms with Crippen molar-refractivity contribution in [3.63, 3.8) is 0 Å². The highest BCUT2D eigenvalue weighted by atomic mass is 16.7. The summed E-state index contributed by atoms with van der Waals surface area (Å²) >= 11 is 0. The molecule has 0 aromatic rings. The summed E-state index contributed by atoms with van der Waals surface area (Å²) in [5.41, 5.74) is 0. The van der Waals surface area contributed by atoms with E-state index < -0.39 is 6.29 Å². The highest BCUT2D eigenvalue weighted by molar-refractivity contribution is 5.83. The third-order valence-electron chi connectivity index (χ3n) is 1.87. The molecule has 0 saturated carbocycles. The second kappa shape index (κ2) is 6.14. The number of carbonyl (C=O) groups excluding carboxylic acids is 1. The first-order valence-electron chi connectivity index (χ1n) is 4.26. The zero-order valence-electron chi connectivity index (χ0n) is 8.29. The predicted octanol–water partition coefficient (Wildman–Crippen LogP) is 1.61. The molecule has 0 aromatic carbocycles. The lowest BCUT2D eigenvalue weighted by Crippen LogP contribution is -2.29. The molecule has 1 unspecified atom stereocenters. The van der Waals surface area contributed by atoms with E-state index in [1.54, 1.807) is 0 Å². The summed E-state index contributed by atoms with van der Waals surface area (Å²) in [6.45, 7) is 3.95. The molecule has 0 aromatic heterocycles. The molecule has 12 heavy (non-hydrogen) atoms. The smallest absolute Gasteiger partial charge is 0.217 e. The lowest BCUT2D eigenvalue weighted by molar-refractivity contribution is -0.160. The standard InChI is InChI=1S/C9H18O3/c1-5-6-7(2)8(10)9(11-3)12-4/h7,9H,5-6H2,1-4H3. The molecule has 72 valence electrons. The molecule has 0 fully saturated rings. The average molecular weight is 174 g/mol. The van der Waals surface area contributed by atoms with Crippen molar-refractivity contribution in [1.29, 1.82) is 0 Å². The highest BCUT2D eigenvalue weighted by Crippen LogP contribution is 2.10. The van der Waals surface area contributed by atoms with Gasteiger partial charge in [0.15, 0.2) is 5.78 Å². The molecule has 3 heteroatoms. The van der Waals surface area contributed by atoms with Gasteiger partial charge in [-0.2, -0.15) is 0 Å². The highest BCUT2D eigenvalue weighted by Gasteiger charge is 2.22. The molecule has 0 radical (unpaired) electrons. The van der Waals surface area contributed by atoms with Gasteiger partial charge < -0.3 is 9.47 Å². The lowest BCUT2D eigenvalue weighted by atomic mass is 10.0. The third-order valence-corrected chi connectivity index (χ3v) is 1.87. The normalized spacial score (nSPS) is 13.4. The van der Waals surface area contributed by atoms with Crippen molar-refractivity contribution >= 4 is 5.78 Å². The molecule has 0 bridgehead atoms. The third kappa shape index (κ3) is 3.32. The van der Waals surface area contributed by atoms with Gasteiger partial charge in [0.2, 0.25) is 6.29 Å². The van der Waals surface area contributed by atoms with Crippen LogP contribution in [0, 0.1) is 5.92 Å². The topological polar surface area (TPSA) is 35.5 Å². The summed E-state index contributed by atoms with van der Waals surface area (Å²) in [7, 11) is 2.95. The maximum absolute atomic E-state index is 11.4. The first-order valence-corrected chi connectivity index (χ1v) is 4.26. The van der Waals surface area contributed by atoms with Crippen LogP contribution in [0.1, 0.15) is 26.7 Å². The SMILES string of the molecule is CCCC(C)C(=O)C(OC)OC. The van der Waals surface area contributed by atoms with Crippen LogP contribution in [0.4, 0.5) is 0 Å². The van der Waals surface area contributed by atoms with Gasteiger partial charge in [0, 0.05) is 20.1 Å². The number of rotatable bonds is 6. The molecule has 1 atom stereocenters.